The van der Waals surface area contributed by atoms with E-state index in [9.17, 15) is 8.78 Å². The number of halogens is 2. The van der Waals surface area contributed by atoms with Crippen molar-refractivity contribution in [2.75, 3.05) is 5.73 Å². The number of nitrogens with zero attached hydrogens (tertiary/aromatic N) is 2. The van der Waals surface area contributed by atoms with Crippen molar-refractivity contribution in [3.05, 3.63) is 53.6 Å². The summed E-state index contributed by atoms with van der Waals surface area (Å²) in [6.07, 6.45) is 0. The minimum absolute atomic E-state index is 0.00142. The van der Waals surface area contributed by atoms with Crippen LogP contribution in [0.25, 0.3) is 22.8 Å². The summed E-state index contributed by atoms with van der Waals surface area (Å²) in [7, 11) is 0. The molecule has 106 valence electrons. The molecule has 0 radical (unpaired) electrons. The number of aromatic nitrogens is 2. The number of hydrogen-bond acceptors (Lipinski definition) is 4. The van der Waals surface area contributed by atoms with E-state index < -0.39 is 11.6 Å². The fraction of sp³-hybridized carbons (Fsp3) is 0.0667. The molecule has 6 heteroatoms. The molecule has 2 N–H and O–H groups in total. The molecule has 2 aromatic carbocycles. The van der Waals surface area contributed by atoms with Crippen LogP contribution in [0.2, 0.25) is 0 Å². The summed E-state index contributed by atoms with van der Waals surface area (Å²) in [6, 6.07) is 8.33. The van der Waals surface area contributed by atoms with Crippen LogP contribution in [-0.2, 0) is 0 Å². The summed E-state index contributed by atoms with van der Waals surface area (Å²) >= 11 is 0. The first-order valence-electron chi connectivity index (χ1n) is 6.20. The van der Waals surface area contributed by atoms with Gasteiger partial charge in [0.25, 0.3) is 5.89 Å². The highest BCUT2D eigenvalue weighted by Gasteiger charge is 2.16. The molecule has 21 heavy (non-hydrogen) atoms. The highest BCUT2D eigenvalue weighted by Crippen LogP contribution is 2.27. The van der Waals surface area contributed by atoms with E-state index in [2.05, 4.69) is 10.1 Å². The third-order valence-corrected chi connectivity index (χ3v) is 3.09. The van der Waals surface area contributed by atoms with Crippen molar-refractivity contribution in [1.82, 2.24) is 10.1 Å². The normalized spacial score (nSPS) is 10.8. The van der Waals surface area contributed by atoms with E-state index in [-0.39, 0.29) is 17.3 Å². The molecule has 0 aliphatic heterocycles. The zero-order valence-corrected chi connectivity index (χ0v) is 11.1. The van der Waals surface area contributed by atoms with Gasteiger partial charge in [-0.3, -0.25) is 0 Å². The molecule has 1 aromatic heterocycles. The number of aryl methyl sites for hydroxylation is 1. The fourth-order valence-corrected chi connectivity index (χ4v) is 1.98. The molecule has 0 aliphatic carbocycles. The summed E-state index contributed by atoms with van der Waals surface area (Å²) < 4.78 is 32.1. The molecule has 0 saturated carbocycles. The Labute approximate surface area is 119 Å². The lowest BCUT2D eigenvalue weighted by molar-refractivity contribution is 0.429. The summed E-state index contributed by atoms with van der Waals surface area (Å²) in [5, 5.41) is 3.78. The van der Waals surface area contributed by atoms with Crippen molar-refractivity contribution in [3.8, 4) is 22.8 Å². The zero-order chi connectivity index (χ0) is 15.0. The molecule has 0 unspecified atom stereocenters. The Morgan fingerprint density at radius 3 is 2.67 bits per heavy atom. The molecule has 3 rings (SSSR count). The molecular formula is C15H11F2N3O. The van der Waals surface area contributed by atoms with Crippen molar-refractivity contribution in [2.45, 2.75) is 6.92 Å². The third-order valence-electron chi connectivity index (χ3n) is 3.09. The van der Waals surface area contributed by atoms with Gasteiger partial charge in [0.1, 0.15) is 11.6 Å². The summed E-state index contributed by atoms with van der Waals surface area (Å²) in [6.45, 7) is 1.80. The lowest BCUT2D eigenvalue weighted by Crippen LogP contribution is -1.90. The zero-order valence-electron chi connectivity index (χ0n) is 11.1. The molecular weight excluding hydrogens is 276 g/mol. The predicted octanol–water partition coefficient (Wildman–Crippen LogP) is 3.57. The van der Waals surface area contributed by atoms with Gasteiger partial charge in [-0.15, -0.1) is 0 Å². The van der Waals surface area contributed by atoms with Crippen LogP contribution < -0.4 is 5.73 Å². The van der Waals surface area contributed by atoms with E-state index in [0.717, 1.165) is 5.56 Å². The fourth-order valence-electron chi connectivity index (χ4n) is 1.98. The van der Waals surface area contributed by atoms with E-state index in [0.29, 0.717) is 11.3 Å². The molecule has 4 nitrogen and oxygen atoms in total. The van der Waals surface area contributed by atoms with Gasteiger partial charge in [-0.2, -0.15) is 4.98 Å². The van der Waals surface area contributed by atoms with Crippen molar-refractivity contribution in [1.29, 1.82) is 0 Å². The van der Waals surface area contributed by atoms with Crippen LogP contribution in [0.4, 0.5) is 14.5 Å². The molecule has 3 aromatic rings. The second-order valence-electron chi connectivity index (χ2n) is 4.62. The molecule has 0 bridgehead atoms. The lowest BCUT2D eigenvalue weighted by Gasteiger charge is -2.00. The minimum atomic E-state index is -0.518. The van der Waals surface area contributed by atoms with Crippen molar-refractivity contribution in [3.63, 3.8) is 0 Å². The van der Waals surface area contributed by atoms with Crippen LogP contribution in [0.1, 0.15) is 5.56 Å². The van der Waals surface area contributed by atoms with E-state index in [1.807, 2.05) is 0 Å². The quantitative estimate of drug-likeness (QED) is 0.732. The van der Waals surface area contributed by atoms with Gasteiger partial charge in [-0.1, -0.05) is 11.2 Å². The molecule has 0 fully saturated rings. The topological polar surface area (TPSA) is 64.9 Å². The summed E-state index contributed by atoms with van der Waals surface area (Å²) in [5.74, 6) is -0.727. The Morgan fingerprint density at radius 1 is 1.05 bits per heavy atom. The van der Waals surface area contributed by atoms with Crippen LogP contribution in [0.15, 0.2) is 40.9 Å². The average molecular weight is 287 g/mol. The predicted molar refractivity (Wildman–Crippen MR) is 74.2 cm³/mol. The molecule has 0 amide bonds. The SMILES string of the molecule is Cc1ccc(F)cc1-c1noc(-c2cc(N)ccc2F)n1. The number of benzene rings is 2. The van der Waals surface area contributed by atoms with Crippen LogP contribution in [-0.4, -0.2) is 10.1 Å². The van der Waals surface area contributed by atoms with E-state index in [1.165, 1.54) is 30.3 Å². The van der Waals surface area contributed by atoms with Gasteiger partial charge in [-0.25, -0.2) is 8.78 Å². The third kappa shape index (κ3) is 2.47. The molecule has 1 heterocycles. The first-order chi connectivity index (χ1) is 10.0. The van der Waals surface area contributed by atoms with Gasteiger partial charge < -0.3 is 10.3 Å². The Bertz CT molecular complexity index is 748. The highest BCUT2D eigenvalue weighted by atomic mass is 19.1. The molecule has 0 spiro atoms. The Kier molecular flexibility index (Phi) is 3.13. The van der Waals surface area contributed by atoms with Crippen molar-refractivity contribution < 1.29 is 13.3 Å². The van der Waals surface area contributed by atoms with Gasteiger partial charge in [0.15, 0.2) is 0 Å². The van der Waals surface area contributed by atoms with Crippen LogP contribution in [0.5, 0.6) is 0 Å². The Morgan fingerprint density at radius 2 is 1.86 bits per heavy atom. The first kappa shape index (κ1) is 13.2. The summed E-state index contributed by atoms with van der Waals surface area (Å²) in [5.41, 5.74) is 7.40. The maximum atomic E-state index is 13.8. The number of anilines is 1. The average Bonchev–Trinajstić information content (AvgIpc) is 2.93. The van der Waals surface area contributed by atoms with Gasteiger partial charge in [0, 0.05) is 11.3 Å². The monoisotopic (exact) mass is 287 g/mol. The van der Waals surface area contributed by atoms with Gasteiger partial charge in [0.05, 0.1) is 5.56 Å². The first-order valence-corrected chi connectivity index (χ1v) is 6.20. The van der Waals surface area contributed by atoms with E-state index in [4.69, 9.17) is 10.3 Å². The summed E-state index contributed by atoms with van der Waals surface area (Å²) in [4.78, 5) is 4.11. The maximum absolute atomic E-state index is 13.8. The molecule has 0 atom stereocenters. The highest BCUT2D eigenvalue weighted by molar-refractivity contribution is 5.65. The largest absolute Gasteiger partial charge is 0.399 e. The number of hydrogen-bond donors (Lipinski definition) is 1. The van der Waals surface area contributed by atoms with E-state index >= 15 is 0 Å². The maximum Gasteiger partial charge on any atom is 0.261 e. The lowest BCUT2D eigenvalue weighted by atomic mass is 10.1. The van der Waals surface area contributed by atoms with Crippen LogP contribution in [0.3, 0.4) is 0 Å². The van der Waals surface area contributed by atoms with Crippen LogP contribution >= 0.6 is 0 Å². The Hall–Kier alpha value is -2.76. The van der Waals surface area contributed by atoms with Gasteiger partial charge >= 0.3 is 0 Å². The molecule has 0 aliphatic rings. The van der Waals surface area contributed by atoms with Crippen molar-refractivity contribution in [2.24, 2.45) is 0 Å². The second-order valence-corrected chi connectivity index (χ2v) is 4.62. The second kappa shape index (κ2) is 4.97. The minimum Gasteiger partial charge on any atom is -0.399 e. The van der Waals surface area contributed by atoms with E-state index in [1.54, 1.807) is 13.0 Å². The number of nitrogens with two attached hydrogens (primary N) is 1. The van der Waals surface area contributed by atoms with Gasteiger partial charge in [-0.05, 0) is 42.8 Å². The Balaban J connectivity index is 2.08. The van der Waals surface area contributed by atoms with Crippen LogP contribution in [0, 0.1) is 18.6 Å². The molecule has 0 saturated heterocycles. The standard InChI is InChI=1S/C15H11F2N3O/c1-8-2-3-9(16)6-11(8)14-19-15(21-20-14)12-7-10(18)4-5-13(12)17/h2-7H,18H2,1H3. The smallest absolute Gasteiger partial charge is 0.261 e. The number of rotatable bonds is 2. The van der Waals surface area contributed by atoms with Gasteiger partial charge in [0.2, 0.25) is 5.82 Å². The number of nitrogen functional groups attached to an aromatic ring is 1. The van der Waals surface area contributed by atoms with Crippen molar-refractivity contribution >= 4 is 5.69 Å².